The average molecular weight is 551 g/mol. The van der Waals surface area contributed by atoms with Gasteiger partial charge in [-0.1, -0.05) is 103 Å². The van der Waals surface area contributed by atoms with Gasteiger partial charge in [-0.2, -0.15) is 0 Å². The number of hydrogen-bond donors (Lipinski definition) is 0. The lowest BCUT2D eigenvalue weighted by molar-refractivity contribution is -0.119. The Morgan fingerprint density at radius 1 is 0.905 bits per heavy atom. The molecule has 4 bridgehead atoms. The maximum atomic E-state index is 14.1. The van der Waals surface area contributed by atoms with Crippen LogP contribution in [-0.4, -0.2) is 20.9 Å². The Hall–Kier alpha value is -4.51. The Kier molecular flexibility index (Phi) is 6.24. The van der Waals surface area contributed by atoms with Crippen LogP contribution in [0.4, 0.5) is 5.69 Å². The molecule has 0 spiro atoms. The Bertz CT molecular complexity index is 1780. The van der Waals surface area contributed by atoms with Gasteiger partial charge in [0.25, 0.3) is 0 Å². The van der Waals surface area contributed by atoms with Crippen LogP contribution in [0.1, 0.15) is 44.1 Å². The Balaban J connectivity index is 1.19. The summed E-state index contributed by atoms with van der Waals surface area (Å²) in [6.07, 6.45) is 24.5. The topological polar surface area (TPSA) is 51.0 Å². The molecule has 2 heterocycles. The molecule has 5 nitrogen and oxygen atoms in total. The van der Waals surface area contributed by atoms with Crippen LogP contribution in [-0.2, 0) is 17.9 Å². The summed E-state index contributed by atoms with van der Waals surface area (Å²) in [7, 11) is 0. The highest BCUT2D eigenvalue weighted by atomic mass is 16.2. The van der Waals surface area contributed by atoms with Crippen LogP contribution in [0.15, 0.2) is 119 Å². The van der Waals surface area contributed by atoms with Gasteiger partial charge in [0, 0.05) is 17.5 Å². The minimum atomic E-state index is 0.141. The van der Waals surface area contributed by atoms with Gasteiger partial charge >= 0.3 is 0 Å². The normalized spacial score (nSPS) is 21.9. The summed E-state index contributed by atoms with van der Waals surface area (Å²) in [5, 5.41) is 9.56. The largest absolute Gasteiger partial charge is 0.307 e. The van der Waals surface area contributed by atoms with E-state index in [0.717, 1.165) is 46.6 Å². The monoisotopic (exact) mass is 550 g/mol. The van der Waals surface area contributed by atoms with Gasteiger partial charge in [0.1, 0.15) is 5.69 Å². The molecule has 1 unspecified atom stereocenters. The number of anilines is 1. The number of fused-ring (bicyclic) bond motifs is 8. The lowest BCUT2D eigenvalue weighted by Crippen LogP contribution is -2.33. The van der Waals surface area contributed by atoms with Crippen LogP contribution in [0, 0.1) is 11.8 Å². The van der Waals surface area contributed by atoms with Gasteiger partial charge in [-0.25, -0.2) is 4.68 Å². The number of amides is 1. The van der Waals surface area contributed by atoms with Crippen molar-refractivity contribution in [1.29, 1.82) is 0 Å². The van der Waals surface area contributed by atoms with E-state index in [4.69, 9.17) is 10.3 Å². The first kappa shape index (κ1) is 25.2. The molecule has 0 saturated heterocycles. The molecule has 3 aromatic rings. The van der Waals surface area contributed by atoms with Crippen molar-refractivity contribution >= 4 is 11.6 Å². The van der Waals surface area contributed by atoms with E-state index in [0.29, 0.717) is 25.4 Å². The molecule has 0 fully saturated rings. The molecule has 2 atom stereocenters. The fraction of sp³-hybridized carbons (Fsp3) is 0.270. The zero-order valence-electron chi connectivity index (χ0n) is 23.7. The van der Waals surface area contributed by atoms with E-state index in [1.54, 1.807) is 0 Å². The van der Waals surface area contributed by atoms with Gasteiger partial charge in [-0.3, -0.25) is 4.79 Å². The third-order valence-electron chi connectivity index (χ3n) is 9.23. The molecule has 8 rings (SSSR count). The molecule has 0 N–H and O–H groups in total. The highest BCUT2D eigenvalue weighted by Crippen LogP contribution is 2.42. The number of allylic oxidation sites excluding steroid dienone is 12. The molecule has 208 valence electrons. The number of para-hydroxylation sites is 1. The SMILES string of the molecule is O=C(CC1C=C2C=CC(=C2)C1)N1Cc2ccccc2-c2c(nnn2CC2=C[C@@H]3C=CC(=C2)CCCC3)-c2ccccc21. The van der Waals surface area contributed by atoms with Crippen molar-refractivity contribution in [3.63, 3.8) is 0 Å². The van der Waals surface area contributed by atoms with E-state index in [9.17, 15) is 4.79 Å². The molecule has 2 aromatic carbocycles. The second-order valence-corrected chi connectivity index (χ2v) is 12.2. The summed E-state index contributed by atoms with van der Waals surface area (Å²) >= 11 is 0. The summed E-state index contributed by atoms with van der Waals surface area (Å²) in [5.74, 6) is 0.822. The molecule has 1 amide bonds. The second kappa shape index (κ2) is 10.4. The zero-order chi connectivity index (χ0) is 28.0. The number of carbonyl (C=O) groups excluding carboxylic acids is 1. The molecular formula is C37H34N4O. The molecule has 1 aromatic heterocycles. The number of carbonyl (C=O) groups is 1. The van der Waals surface area contributed by atoms with Crippen molar-refractivity contribution in [1.82, 2.24) is 15.0 Å². The Labute approximate surface area is 246 Å². The van der Waals surface area contributed by atoms with E-state index in [2.05, 4.69) is 89.7 Å². The lowest BCUT2D eigenvalue weighted by atomic mass is 9.90. The van der Waals surface area contributed by atoms with E-state index >= 15 is 0 Å². The third kappa shape index (κ3) is 4.63. The van der Waals surface area contributed by atoms with Gasteiger partial charge in [0.05, 0.1) is 24.5 Å². The first-order valence-electron chi connectivity index (χ1n) is 15.3. The lowest BCUT2D eigenvalue weighted by Gasteiger charge is -2.30. The second-order valence-electron chi connectivity index (χ2n) is 12.2. The maximum Gasteiger partial charge on any atom is 0.227 e. The Morgan fingerprint density at radius 3 is 2.71 bits per heavy atom. The van der Waals surface area contributed by atoms with Crippen LogP contribution < -0.4 is 4.90 Å². The van der Waals surface area contributed by atoms with Crippen LogP contribution in [0.5, 0.6) is 0 Å². The molecule has 0 radical (unpaired) electrons. The van der Waals surface area contributed by atoms with Crippen LogP contribution in [0.3, 0.4) is 0 Å². The van der Waals surface area contributed by atoms with Crippen LogP contribution >= 0.6 is 0 Å². The number of rotatable bonds is 4. The predicted molar refractivity (Wildman–Crippen MR) is 167 cm³/mol. The quantitative estimate of drug-likeness (QED) is 0.332. The number of benzene rings is 2. The van der Waals surface area contributed by atoms with Gasteiger partial charge in [-0.05, 0) is 71.4 Å². The highest BCUT2D eigenvalue weighted by molar-refractivity contribution is 6.00. The summed E-state index contributed by atoms with van der Waals surface area (Å²) in [4.78, 5) is 16.0. The maximum absolute atomic E-state index is 14.1. The van der Waals surface area contributed by atoms with Crippen molar-refractivity contribution in [3.8, 4) is 22.5 Å². The van der Waals surface area contributed by atoms with Gasteiger partial charge in [-0.15, -0.1) is 5.10 Å². The molecule has 42 heavy (non-hydrogen) atoms. The fourth-order valence-corrected chi connectivity index (χ4v) is 7.22. The minimum Gasteiger partial charge on any atom is -0.307 e. The summed E-state index contributed by atoms with van der Waals surface area (Å²) in [6.45, 7) is 1.18. The third-order valence-corrected chi connectivity index (χ3v) is 9.23. The molecule has 0 saturated carbocycles. The van der Waals surface area contributed by atoms with Crippen molar-refractivity contribution in [2.45, 2.75) is 51.6 Å². The molecule has 4 aliphatic carbocycles. The molecular weight excluding hydrogens is 516 g/mol. The average Bonchev–Trinajstić information content (AvgIpc) is 3.51. The first-order chi connectivity index (χ1) is 20.7. The van der Waals surface area contributed by atoms with E-state index in [-0.39, 0.29) is 11.8 Å². The number of hydrogen-bond acceptors (Lipinski definition) is 3. The van der Waals surface area contributed by atoms with Crippen LogP contribution in [0.2, 0.25) is 0 Å². The van der Waals surface area contributed by atoms with Crippen molar-refractivity contribution in [2.24, 2.45) is 11.8 Å². The Morgan fingerprint density at radius 2 is 1.79 bits per heavy atom. The summed E-state index contributed by atoms with van der Waals surface area (Å²) < 4.78 is 2.08. The number of nitrogens with zero attached hydrogens (tertiary/aromatic N) is 4. The van der Waals surface area contributed by atoms with Crippen molar-refractivity contribution < 1.29 is 4.79 Å². The summed E-state index contributed by atoms with van der Waals surface area (Å²) in [6, 6.07) is 16.7. The highest BCUT2D eigenvalue weighted by Gasteiger charge is 2.31. The molecule has 5 heteroatoms. The van der Waals surface area contributed by atoms with Crippen LogP contribution in [0.25, 0.3) is 22.5 Å². The van der Waals surface area contributed by atoms with E-state index in [1.807, 2.05) is 17.0 Å². The van der Waals surface area contributed by atoms with Gasteiger partial charge in [0.2, 0.25) is 5.91 Å². The fourth-order valence-electron chi connectivity index (χ4n) is 7.22. The standard InChI is InChI=1S/C37H34N4O/c42-35(22-29-20-27-15-16-28(19-27)21-29)40-24-31-9-3-4-10-32(31)37-36(33-11-5-6-12-34(33)40)38-39-41(37)23-30-17-25-7-1-2-8-26(18-30)14-13-25/h3-6,9-20,25,29H,1-2,7-8,21-24H2/t25-,29?/m0/s1. The zero-order valence-corrected chi connectivity index (χ0v) is 23.7. The first-order valence-corrected chi connectivity index (χ1v) is 15.3. The van der Waals surface area contributed by atoms with Crippen molar-refractivity contribution in [3.05, 3.63) is 125 Å². The van der Waals surface area contributed by atoms with Crippen molar-refractivity contribution in [2.75, 3.05) is 4.90 Å². The van der Waals surface area contributed by atoms with Gasteiger partial charge < -0.3 is 4.90 Å². The van der Waals surface area contributed by atoms with E-state index < -0.39 is 0 Å². The number of aromatic nitrogens is 3. The van der Waals surface area contributed by atoms with Gasteiger partial charge in [0.15, 0.2) is 0 Å². The molecule has 1 aliphatic heterocycles. The minimum absolute atomic E-state index is 0.141. The smallest absolute Gasteiger partial charge is 0.227 e. The van der Waals surface area contributed by atoms with E-state index in [1.165, 1.54) is 41.6 Å². The predicted octanol–water partition coefficient (Wildman–Crippen LogP) is 7.90. The molecule has 5 aliphatic rings. The summed E-state index contributed by atoms with van der Waals surface area (Å²) in [5.41, 5.74) is 11.2.